The van der Waals surface area contributed by atoms with E-state index in [0.29, 0.717) is 23.8 Å². The maximum atomic E-state index is 12.1. The van der Waals surface area contributed by atoms with E-state index in [9.17, 15) is 9.59 Å². The fourth-order valence-electron chi connectivity index (χ4n) is 2.89. The quantitative estimate of drug-likeness (QED) is 0.327. The maximum Gasteiger partial charge on any atom is 0.251 e. The second-order valence-corrected chi connectivity index (χ2v) is 8.32. The molecular formula is C21H27N7O2S. The van der Waals surface area contributed by atoms with Crippen molar-refractivity contribution in [2.75, 3.05) is 24.2 Å². The lowest BCUT2D eigenvalue weighted by molar-refractivity contribution is -0.120. The molecule has 0 saturated heterocycles. The summed E-state index contributed by atoms with van der Waals surface area (Å²) in [7, 11) is 0. The second-order valence-electron chi connectivity index (χ2n) is 7.09. The van der Waals surface area contributed by atoms with Crippen molar-refractivity contribution in [3.05, 3.63) is 42.1 Å². The van der Waals surface area contributed by atoms with Crippen molar-refractivity contribution in [1.29, 1.82) is 0 Å². The van der Waals surface area contributed by atoms with Gasteiger partial charge in [-0.05, 0) is 31.7 Å². The Morgan fingerprint density at radius 1 is 1.13 bits per heavy atom. The van der Waals surface area contributed by atoms with E-state index >= 15 is 0 Å². The molecule has 0 radical (unpaired) electrons. The van der Waals surface area contributed by atoms with Gasteiger partial charge in [0.05, 0.1) is 24.7 Å². The summed E-state index contributed by atoms with van der Waals surface area (Å²) in [5.41, 5.74) is 1.24. The van der Waals surface area contributed by atoms with Crippen LogP contribution in [0.3, 0.4) is 0 Å². The van der Waals surface area contributed by atoms with Gasteiger partial charge in [-0.2, -0.15) is 5.10 Å². The van der Waals surface area contributed by atoms with Crippen LogP contribution in [-0.4, -0.2) is 56.4 Å². The normalized spacial score (nSPS) is 11.0. The van der Waals surface area contributed by atoms with Crippen LogP contribution < -0.4 is 16.0 Å². The molecule has 0 atom stereocenters. The number of thioether (sulfide) groups is 1. The predicted molar refractivity (Wildman–Crippen MR) is 122 cm³/mol. The molecule has 10 heteroatoms. The number of nitrogens with one attached hydrogen (secondary N) is 3. The third kappa shape index (κ3) is 6.17. The number of anilines is 1. The summed E-state index contributed by atoms with van der Waals surface area (Å²) in [6.07, 6.45) is 1.74. The lowest BCUT2D eigenvalue weighted by Gasteiger charge is -2.12. The predicted octanol–water partition coefficient (Wildman–Crippen LogP) is 2.30. The van der Waals surface area contributed by atoms with Gasteiger partial charge in [0.25, 0.3) is 5.91 Å². The van der Waals surface area contributed by atoms with Crippen molar-refractivity contribution in [3.8, 4) is 0 Å². The zero-order valence-electron chi connectivity index (χ0n) is 17.9. The van der Waals surface area contributed by atoms with Gasteiger partial charge in [0, 0.05) is 18.2 Å². The second kappa shape index (κ2) is 10.8. The van der Waals surface area contributed by atoms with E-state index in [1.165, 1.54) is 0 Å². The monoisotopic (exact) mass is 441 g/mol. The zero-order chi connectivity index (χ0) is 22.2. The van der Waals surface area contributed by atoms with E-state index in [0.717, 1.165) is 22.6 Å². The Morgan fingerprint density at radius 3 is 2.61 bits per heavy atom. The van der Waals surface area contributed by atoms with Crippen molar-refractivity contribution >= 4 is 40.4 Å². The highest BCUT2D eigenvalue weighted by atomic mass is 32.2. The Bertz CT molecular complexity index is 1040. The van der Waals surface area contributed by atoms with Crippen LogP contribution in [0.5, 0.6) is 0 Å². The SMILES string of the molecule is CCSc1nc(NC(C)C)c2cnn(CCNC(=O)CNC(=O)c3ccccc3)c2n1. The summed E-state index contributed by atoms with van der Waals surface area (Å²) in [5, 5.41) is 14.7. The summed E-state index contributed by atoms with van der Waals surface area (Å²) < 4.78 is 1.76. The Hall–Kier alpha value is -3.14. The lowest BCUT2D eigenvalue weighted by atomic mass is 10.2. The molecule has 3 rings (SSSR count). The molecule has 2 amide bonds. The summed E-state index contributed by atoms with van der Waals surface area (Å²) in [6.45, 7) is 6.89. The molecule has 9 nitrogen and oxygen atoms in total. The first-order valence-corrected chi connectivity index (χ1v) is 11.2. The fourth-order valence-corrected chi connectivity index (χ4v) is 3.46. The van der Waals surface area contributed by atoms with E-state index in [-0.39, 0.29) is 24.4 Å². The van der Waals surface area contributed by atoms with E-state index in [1.54, 1.807) is 46.9 Å². The van der Waals surface area contributed by atoms with E-state index < -0.39 is 0 Å². The Kier molecular flexibility index (Phi) is 7.82. The lowest BCUT2D eigenvalue weighted by Crippen LogP contribution is -2.38. The highest BCUT2D eigenvalue weighted by Gasteiger charge is 2.14. The molecule has 3 N–H and O–H groups in total. The third-order valence-electron chi connectivity index (χ3n) is 4.27. The van der Waals surface area contributed by atoms with Crippen molar-refractivity contribution in [2.45, 2.75) is 38.5 Å². The van der Waals surface area contributed by atoms with Gasteiger partial charge in [0.15, 0.2) is 10.8 Å². The molecule has 0 aliphatic heterocycles. The summed E-state index contributed by atoms with van der Waals surface area (Å²) in [6, 6.07) is 9.01. The smallest absolute Gasteiger partial charge is 0.251 e. The van der Waals surface area contributed by atoms with Gasteiger partial charge in [0.2, 0.25) is 5.91 Å². The summed E-state index contributed by atoms with van der Waals surface area (Å²) in [4.78, 5) is 33.3. The van der Waals surface area contributed by atoms with Gasteiger partial charge in [0.1, 0.15) is 5.82 Å². The number of carbonyl (C=O) groups is 2. The molecule has 0 fully saturated rings. The number of hydrogen-bond donors (Lipinski definition) is 3. The first-order chi connectivity index (χ1) is 15.0. The molecular weight excluding hydrogens is 414 g/mol. The first-order valence-electron chi connectivity index (χ1n) is 10.2. The van der Waals surface area contributed by atoms with Gasteiger partial charge in [-0.25, -0.2) is 14.6 Å². The fraction of sp³-hybridized carbons (Fsp3) is 0.381. The Labute approximate surface area is 185 Å². The minimum absolute atomic E-state index is 0.0878. The minimum atomic E-state index is -0.281. The van der Waals surface area contributed by atoms with Crippen molar-refractivity contribution in [3.63, 3.8) is 0 Å². The van der Waals surface area contributed by atoms with Gasteiger partial charge in [-0.3, -0.25) is 9.59 Å². The number of amides is 2. The molecule has 1 aromatic carbocycles. The van der Waals surface area contributed by atoms with E-state index in [4.69, 9.17) is 0 Å². The summed E-state index contributed by atoms with van der Waals surface area (Å²) in [5.74, 6) is 1.08. The number of aromatic nitrogens is 4. The number of rotatable bonds is 10. The van der Waals surface area contributed by atoms with Crippen LogP contribution in [0, 0.1) is 0 Å². The topological polar surface area (TPSA) is 114 Å². The van der Waals surface area contributed by atoms with Crippen molar-refractivity contribution < 1.29 is 9.59 Å². The molecule has 2 heterocycles. The Morgan fingerprint density at radius 2 is 1.90 bits per heavy atom. The van der Waals surface area contributed by atoms with Crippen LogP contribution in [-0.2, 0) is 11.3 Å². The average molecular weight is 442 g/mol. The van der Waals surface area contributed by atoms with Gasteiger partial charge >= 0.3 is 0 Å². The maximum absolute atomic E-state index is 12.1. The zero-order valence-corrected chi connectivity index (χ0v) is 18.7. The molecule has 31 heavy (non-hydrogen) atoms. The third-order valence-corrected chi connectivity index (χ3v) is 5.00. The minimum Gasteiger partial charge on any atom is -0.367 e. The Balaban J connectivity index is 1.58. The van der Waals surface area contributed by atoms with Crippen molar-refractivity contribution in [2.24, 2.45) is 0 Å². The number of hydrogen-bond acceptors (Lipinski definition) is 7. The standard InChI is InChI=1S/C21H27N7O2S/c1-4-31-21-26-18(25-14(2)3)16-12-24-28(19(16)27-21)11-10-22-17(29)13-23-20(30)15-8-6-5-7-9-15/h5-9,12,14H,4,10-11,13H2,1-3H3,(H,22,29)(H,23,30)(H,25,26,27). The van der Waals surface area contributed by atoms with E-state index in [2.05, 4.69) is 51.8 Å². The van der Waals surface area contributed by atoms with Crippen LogP contribution >= 0.6 is 11.8 Å². The average Bonchev–Trinajstić information content (AvgIpc) is 3.16. The number of carbonyl (C=O) groups excluding carboxylic acids is 2. The molecule has 0 spiro atoms. The van der Waals surface area contributed by atoms with Gasteiger partial charge < -0.3 is 16.0 Å². The molecule has 2 aromatic heterocycles. The van der Waals surface area contributed by atoms with Crippen LogP contribution in [0.2, 0.25) is 0 Å². The van der Waals surface area contributed by atoms with Crippen LogP contribution in [0.25, 0.3) is 11.0 Å². The van der Waals surface area contributed by atoms with Crippen molar-refractivity contribution in [1.82, 2.24) is 30.4 Å². The molecule has 0 aliphatic carbocycles. The highest BCUT2D eigenvalue weighted by molar-refractivity contribution is 7.99. The van der Waals surface area contributed by atoms with Gasteiger partial charge in [-0.15, -0.1) is 0 Å². The molecule has 0 aliphatic rings. The molecule has 164 valence electrons. The van der Waals surface area contributed by atoms with Gasteiger partial charge in [-0.1, -0.05) is 36.9 Å². The number of nitrogens with zero attached hydrogens (tertiary/aromatic N) is 4. The van der Waals surface area contributed by atoms with Crippen LogP contribution in [0.15, 0.2) is 41.7 Å². The number of fused-ring (bicyclic) bond motifs is 1. The molecule has 3 aromatic rings. The van der Waals surface area contributed by atoms with Crippen LogP contribution in [0.4, 0.5) is 5.82 Å². The van der Waals surface area contributed by atoms with Crippen LogP contribution in [0.1, 0.15) is 31.1 Å². The largest absolute Gasteiger partial charge is 0.367 e. The molecule has 0 saturated carbocycles. The van der Waals surface area contributed by atoms with E-state index in [1.807, 2.05) is 6.07 Å². The first kappa shape index (κ1) is 22.5. The molecule has 0 bridgehead atoms. The number of benzene rings is 1. The summed E-state index contributed by atoms with van der Waals surface area (Å²) >= 11 is 1.57. The molecule has 0 unspecified atom stereocenters. The highest BCUT2D eigenvalue weighted by Crippen LogP contribution is 2.24.